The second-order valence-electron chi connectivity index (χ2n) is 4.61. The summed E-state index contributed by atoms with van der Waals surface area (Å²) < 4.78 is 10.8. The Morgan fingerprint density at radius 2 is 1.95 bits per heavy atom. The van der Waals surface area contributed by atoms with Gasteiger partial charge in [0.2, 0.25) is 0 Å². The Labute approximate surface area is 123 Å². The lowest BCUT2D eigenvalue weighted by atomic mass is 10.2. The molecule has 4 heteroatoms. The van der Waals surface area contributed by atoms with E-state index in [4.69, 9.17) is 14.7 Å². The topological polar surface area (TPSA) is 59.3 Å². The zero-order valence-electron chi connectivity index (χ0n) is 11.9. The van der Waals surface area contributed by atoms with Crippen LogP contribution < -0.4 is 9.47 Å². The minimum atomic E-state index is -0.765. The molecule has 21 heavy (non-hydrogen) atoms. The van der Waals surface area contributed by atoms with Crippen molar-refractivity contribution in [2.75, 3.05) is 0 Å². The third-order valence-electron chi connectivity index (χ3n) is 2.85. The number of rotatable bonds is 4. The van der Waals surface area contributed by atoms with Crippen molar-refractivity contribution in [2.24, 2.45) is 0 Å². The van der Waals surface area contributed by atoms with E-state index >= 15 is 0 Å². The average Bonchev–Trinajstić information content (AvgIpc) is 2.47. The molecular formula is C17H15NO3. The third kappa shape index (κ3) is 3.83. The number of ether oxygens (including phenoxy) is 2. The van der Waals surface area contributed by atoms with Crippen LogP contribution in [0.3, 0.4) is 0 Å². The van der Waals surface area contributed by atoms with Crippen LogP contribution in [-0.2, 0) is 4.79 Å². The number of hydrogen-bond acceptors (Lipinski definition) is 4. The normalized spacial score (nSPS) is 11.3. The Kier molecular flexibility index (Phi) is 4.57. The molecule has 1 atom stereocenters. The Morgan fingerprint density at radius 1 is 1.19 bits per heavy atom. The van der Waals surface area contributed by atoms with Gasteiger partial charge in [0.1, 0.15) is 17.6 Å². The highest BCUT2D eigenvalue weighted by atomic mass is 16.6. The fourth-order valence-electron chi connectivity index (χ4n) is 1.78. The fourth-order valence-corrected chi connectivity index (χ4v) is 1.78. The van der Waals surface area contributed by atoms with Gasteiger partial charge < -0.3 is 9.47 Å². The molecule has 0 aliphatic heterocycles. The molecule has 4 nitrogen and oxygen atoms in total. The number of hydrogen-bond donors (Lipinski definition) is 0. The molecule has 0 spiro atoms. The van der Waals surface area contributed by atoms with E-state index in [1.165, 1.54) is 0 Å². The molecule has 0 saturated heterocycles. The third-order valence-corrected chi connectivity index (χ3v) is 2.85. The van der Waals surface area contributed by atoms with E-state index in [2.05, 4.69) is 0 Å². The second-order valence-corrected chi connectivity index (χ2v) is 4.61. The maximum Gasteiger partial charge on any atom is 0.352 e. The van der Waals surface area contributed by atoms with Gasteiger partial charge in [0.25, 0.3) is 0 Å². The van der Waals surface area contributed by atoms with Gasteiger partial charge >= 0.3 is 5.97 Å². The summed E-state index contributed by atoms with van der Waals surface area (Å²) in [5, 5.41) is 8.96. The first-order valence-electron chi connectivity index (χ1n) is 6.54. The summed E-state index contributed by atoms with van der Waals surface area (Å²) in [7, 11) is 0. The van der Waals surface area contributed by atoms with Gasteiger partial charge in [-0.05, 0) is 43.7 Å². The van der Waals surface area contributed by atoms with Crippen molar-refractivity contribution in [3.8, 4) is 17.6 Å². The minimum Gasteiger partial charge on any atom is -0.479 e. The van der Waals surface area contributed by atoms with Crippen LogP contribution in [0, 0.1) is 18.3 Å². The first-order valence-corrected chi connectivity index (χ1v) is 6.54. The highest BCUT2D eigenvalue weighted by Crippen LogP contribution is 2.19. The van der Waals surface area contributed by atoms with Crippen LogP contribution >= 0.6 is 0 Å². The Bertz CT molecular complexity index is 688. The summed E-state index contributed by atoms with van der Waals surface area (Å²) in [6.45, 7) is 3.55. The van der Waals surface area contributed by atoms with Crippen molar-refractivity contribution in [1.29, 1.82) is 5.26 Å². The molecule has 106 valence electrons. The van der Waals surface area contributed by atoms with Crippen molar-refractivity contribution in [3.05, 3.63) is 59.7 Å². The second kappa shape index (κ2) is 6.58. The van der Waals surface area contributed by atoms with Crippen LogP contribution in [0.2, 0.25) is 0 Å². The number of aryl methyl sites for hydroxylation is 1. The van der Waals surface area contributed by atoms with Crippen molar-refractivity contribution < 1.29 is 14.3 Å². The van der Waals surface area contributed by atoms with Gasteiger partial charge in [-0.15, -0.1) is 0 Å². The summed E-state index contributed by atoms with van der Waals surface area (Å²) >= 11 is 0. The lowest BCUT2D eigenvalue weighted by molar-refractivity contribution is -0.141. The molecule has 0 saturated carbocycles. The molecule has 2 aromatic carbocycles. The molecule has 0 N–H and O–H groups in total. The molecule has 0 fully saturated rings. The molecular weight excluding hydrogens is 266 g/mol. The highest BCUT2D eigenvalue weighted by Gasteiger charge is 2.18. The predicted octanol–water partition coefficient (Wildman–Crippen LogP) is 3.24. The van der Waals surface area contributed by atoms with Crippen molar-refractivity contribution in [2.45, 2.75) is 20.0 Å². The lowest BCUT2D eigenvalue weighted by Gasteiger charge is -2.14. The zero-order valence-corrected chi connectivity index (χ0v) is 11.9. The Hall–Kier alpha value is -2.80. The number of carbonyl (C=O) groups is 1. The smallest absolute Gasteiger partial charge is 0.352 e. The number of esters is 1. The molecule has 0 amide bonds. The van der Waals surface area contributed by atoms with Gasteiger partial charge in [-0.1, -0.05) is 24.3 Å². The number of benzene rings is 2. The largest absolute Gasteiger partial charge is 0.479 e. The van der Waals surface area contributed by atoms with Gasteiger partial charge in [0.05, 0.1) is 5.56 Å². The standard InChI is InChI=1S/C17H15NO3/c1-12-6-5-8-15(10-12)20-13(2)17(19)21-16-9-4-3-7-14(16)11-18/h3-10,13H,1-2H3/t13-/m0/s1. The van der Waals surface area contributed by atoms with E-state index in [1.54, 1.807) is 37.3 Å². The van der Waals surface area contributed by atoms with Gasteiger partial charge in [0.15, 0.2) is 6.10 Å². The van der Waals surface area contributed by atoms with Gasteiger partial charge in [-0.3, -0.25) is 0 Å². The molecule has 2 rings (SSSR count). The van der Waals surface area contributed by atoms with Crippen molar-refractivity contribution >= 4 is 5.97 Å². The molecule has 2 aromatic rings. The van der Waals surface area contributed by atoms with E-state index in [1.807, 2.05) is 31.2 Å². The maximum atomic E-state index is 12.0. The molecule has 0 aliphatic rings. The summed E-state index contributed by atoms with van der Waals surface area (Å²) in [6, 6.07) is 16.0. The van der Waals surface area contributed by atoms with E-state index in [0.717, 1.165) is 5.56 Å². The number of carbonyl (C=O) groups excluding carboxylic acids is 1. The van der Waals surface area contributed by atoms with Gasteiger partial charge in [0, 0.05) is 0 Å². The summed E-state index contributed by atoms with van der Waals surface area (Å²) in [6.07, 6.45) is -0.765. The highest BCUT2D eigenvalue weighted by molar-refractivity contribution is 5.77. The summed E-state index contributed by atoms with van der Waals surface area (Å²) in [5.74, 6) is 0.303. The van der Waals surface area contributed by atoms with E-state index in [9.17, 15) is 4.79 Å². The molecule has 0 heterocycles. The maximum absolute atomic E-state index is 12.0. The van der Waals surface area contributed by atoms with Crippen LogP contribution in [0.15, 0.2) is 48.5 Å². The number of para-hydroxylation sites is 1. The average molecular weight is 281 g/mol. The quantitative estimate of drug-likeness (QED) is 0.637. The number of nitrogens with zero attached hydrogens (tertiary/aromatic N) is 1. The first kappa shape index (κ1) is 14.6. The molecule has 0 unspecified atom stereocenters. The van der Waals surface area contributed by atoms with E-state index in [0.29, 0.717) is 11.3 Å². The first-order chi connectivity index (χ1) is 10.1. The van der Waals surface area contributed by atoms with Crippen LogP contribution in [0.5, 0.6) is 11.5 Å². The SMILES string of the molecule is Cc1cccc(O[C@@H](C)C(=O)Oc2ccccc2C#N)c1. The fraction of sp³-hybridized carbons (Fsp3) is 0.176. The summed E-state index contributed by atoms with van der Waals surface area (Å²) in [5.41, 5.74) is 1.36. The minimum absolute atomic E-state index is 0.240. The zero-order chi connectivity index (χ0) is 15.2. The number of nitriles is 1. The Balaban J connectivity index is 2.05. The van der Waals surface area contributed by atoms with Crippen LogP contribution in [0.1, 0.15) is 18.1 Å². The molecule has 0 aromatic heterocycles. The summed E-state index contributed by atoms with van der Waals surface area (Å²) in [4.78, 5) is 12.0. The van der Waals surface area contributed by atoms with Crippen LogP contribution in [0.4, 0.5) is 0 Å². The molecule has 0 aliphatic carbocycles. The molecule has 0 bridgehead atoms. The van der Waals surface area contributed by atoms with Gasteiger partial charge in [-0.25, -0.2) is 4.79 Å². The lowest BCUT2D eigenvalue weighted by Crippen LogP contribution is -2.28. The van der Waals surface area contributed by atoms with Crippen molar-refractivity contribution in [3.63, 3.8) is 0 Å². The monoisotopic (exact) mass is 281 g/mol. The molecule has 0 radical (unpaired) electrons. The van der Waals surface area contributed by atoms with Gasteiger partial charge in [-0.2, -0.15) is 5.26 Å². The van der Waals surface area contributed by atoms with Crippen molar-refractivity contribution in [1.82, 2.24) is 0 Å². The van der Waals surface area contributed by atoms with E-state index < -0.39 is 12.1 Å². The van der Waals surface area contributed by atoms with Crippen LogP contribution in [0.25, 0.3) is 0 Å². The van der Waals surface area contributed by atoms with E-state index in [-0.39, 0.29) is 5.75 Å². The Morgan fingerprint density at radius 3 is 2.67 bits per heavy atom. The van der Waals surface area contributed by atoms with Crippen LogP contribution in [-0.4, -0.2) is 12.1 Å². The predicted molar refractivity (Wildman–Crippen MR) is 78.1 cm³/mol.